The maximum atomic E-state index is 13.3. The van der Waals surface area contributed by atoms with Crippen molar-refractivity contribution in [2.75, 3.05) is 5.32 Å². The van der Waals surface area contributed by atoms with Gasteiger partial charge in [-0.1, -0.05) is 0 Å². The van der Waals surface area contributed by atoms with Gasteiger partial charge in [0.1, 0.15) is 5.56 Å². The second kappa shape index (κ2) is 7.15. The largest absolute Gasteiger partial charge is 0.618 e. The maximum Gasteiger partial charge on any atom is 0.422 e. The highest BCUT2D eigenvalue weighted by atomic mass is 19.4. The Morgan fingerprint density at radius 2 is 1.65 bits per heavy atom. The fraction of sp³-hybridized carbons (Fsp3) is 0.105. The number of pyridine rings is 1. The smallest absolute Gasteiger partial charge is 0.422 e. The van der Waals surface area contributed by atoms with Crippen LogP contribution in [0.15, 0.2) is 61.1 Å². The molecule has 0 aliphatic heterocycles. The van der Waals surface area contributed by atoms with Gasteiger partial charge in [-0.2, -0.15) is 40.7 Å². The molecule has 4 aromatic rings. The zero-order valence-corrected chi connectivity index (χ0v) is 15.2. The molecule has 31 heavy (non-hydrogen) atoms. The number of aromatic nitrogens is 4. The first kappa shape index (κ1) is 20.4. The number of fused-ring (bicyclic) bond motifs is 1. The SMILES string of the molecule is [O-][n+]1cccc(C(F)(F)F)c1-c1cnn2c(Nc3ccc(C(F)(F)F)cc3)cnc2c1. The van der Waals surface area contributed by atoms with Crippen LogP contribution in [-0.2, 0) is 12.4 Å². The van der Waals surface area contributed by atoms with Crippen molar-refractivity contribution < 1.29 is 31.1 Å². The zero-order valence-electron chi connectivity index (χ0n) is 15.2. The average molecular weight is 439 g/mol. The van der Waals surface area contributed by atoms with Crippen LogP contribution in [0.1, 0.15) is 11.1 Å². The van der Waals surface area contributed by atoms with Gasteiger partial charge in [0.15, 0.2) is 17.7 Å². The van der Waals surface area contributed by atoms with E-state index in [-0.39, 0.29) is 21.8 Å². The molecule has 0 amide bonds. The van der Waals surface area contributed by atoms with E-state index in [1.807, 2.05) is 0 Å². The van der Waals surface area contributed by atoms with Gasteiger partial charge in [0.2, 0.25) is 5.69 Å². The predicted octanol–water partition coefficient (Wildman–Crippen LogP) is 4.81. The molecule has 3 heterocycles. The number of benzene rings is 1. The number of nitrogens with one attached hydrogen (secondary N) is 1. The van der Waals surface area contributed by atoms with E-state index in [9.17, 15) is 31.5 Å². The Labute approximate surface area is 170 Å². The summed E-state index contributed by atoms with van der Waals surface area (Å²) in [6, 6.07) is 7.28. The van der Waals surface area contributed by atoms with E-state index in [0.29, 0.717) is 5.69 Å². The molecule has 0 saturated heterocycles. The number of halogens is 6. The van der Waals surface area contributed by atoms with Crippen molar-refractivity contribution in [2.45, 2.75) is 12.4 Å². The molecule has 12 heteroatoms. The molecular weight excluding hydrogens is 428 g/mol. The fourth-order valence-electron chi connectivity index (χ4n) is 2.98. The van der Waals surface area contributed by atoms with E-state index in [4.69, 9.17) is 0 Å². The first-order valence-corrected chi connectivity index (χ1v) is 8.62. The van der Waals surface area contributed by atoms with Crippen molar-refractivity contribution in [3.8, 4) is 11.3 Å². The second-order valence-corrected chi connectivity index (χ2v) is 6.45. The molecule has 1 N–H and O–H groups in total. The topological polar surface area (TPSA) is 69.2 Å². The quantitative estimate of drug-likeness (QED) is 0.283. The number of rotatable bonds is 3. The van der Waals surface area contributed by atoms with Gasteiger partial charge in [0, 0.05) is 11.8 Å². The minimum absolute atomic E-state index is 0.0953. The summed E-state index contributed by atoms with van der Waals surface area (Å²) in [5, 5.41) is 18.9. The molecule has 0 radical (unpaired) electrons. The predicted molar refractivity (Wildman–Crippen MR) is 97.1 cm³/mol. The van der Waals surface area contributed by atoms with Crippen molar-refractivity contribution in [3.05, 3.63) is 77.4 Å². The molecular formula is C19H11F6N5O. The van der Waals surface area contributed by atoms with Gasteiger partial charge in [-0.3, -0.25) is 0 Å². The van der Waals surface area contributed by atoms with E-state index in [1.165, 1.54) is 28.9 Å². The van der Waals surface area contributed by atoms with Crippen LogP contribution in [0.5, 0.6) is 0 Å². The summed E-state index contributed by atoms with van der Waals surface area (Å²) in [6.07, 6.45) is -5.89. The maximum absolute atomic E-state index is 13.3. The van der Waals surface area contributed by atoms with Crippen LogP contribution in [-0.4, -0.2) is 14.6 Å². The van der Waals surface area contributed by atoms with E-state index in [1.54, 1.807) is 0 Å². The second-order valence-electron chi connectivity index (χ2n) is 6.45. The fourth-order valence-corrected chi connectivity index (χ4v) is 2.98. The Hall–Kier alpha value is -3.83. The Balaban J connectivity index is 1.69. The van der Waals surface area contributed by atoms with E-state index in [0.717, 1.165) is 36.7 Å². The summed E-state index contributed by atoms with van der Waals surface area (Å²) in [5.41, 5.74) is -2.20. The van der Waals surface area contributed by atoms with Crippen LogP contribution in [0.4, 0.5) is 37.8 Å². The summed E-state index contributed by atoms with van der Waals surface area (Å²) in [5.74, 6) is 0.264. The molecule has 0 atom stereocenters. The number of nitrogens with zero attached hydrogens (tertiary/aromatic N) is 4. The van der Waals surface area contributed by atoms with Crippen LogP contribution in [0.3, 0.4) is 0 Å². The molecule has 4 rings (SSSR count). The molecule has 0 bridgehead atoms. The van der Waals surface area contributed by atoms with Gasteiger partial charge >= 0.3 is 12.4 Å². The first-order chi connectivity index (χ1) is 14.5. The number of alkyl halides is 6. The van der Waals surface area contributed by atoms with Crippen LogP contribution in [0.2, 0.25) is 0 Å². The molecule has 0 spiro atoms. The summed E-state index contributed by atoms with van der Waals surface area (Å²) >= 11 is 0. The Kier molecular flexibility index (Phi) is 4.71. The Morgan fingerprint density at radius 1 is 0.935 bits per heavy atom. The molecule has 1 aromatic carbocycles. The summed E-state index contributed by atoms with van der Waals surface area (Å²) in [6.45, 7) is 0. The average Bonchev–Trinajstić information content (AvgIpc) is 3.09. The highest BCUT2D eigenvalue weighted by Gasteiger charge is 2.38. The molecule has 0 saturated carbocycles. The molecule has 6 nitrogen and oxygen atoms in total. The van der Waals surface area contributed by atoms with Gasteiger partial charge < -0.3 is 10.5 Å². The number of hydrogen-bond acceptors (Lipinski definition) is 4. The summed E-state index contributed by atoms with van der Waals surface area (Å²) in [4.78, 5) is 4.04. The normalized spacial score (nSPS) is 12.3. The molecule has 0 aliphatic carbocycles. The van der Waals surface area contributed by atoms with Crippen LogP contribution >= 0.6 is 0 Å². The zero-order chi connectivity index (χ0) is 22.4. The van der Waals surface area contributed by atoms with Gasteiger partial charge in [-0.05, 0) is 36.4 Å². The Bertz CT molecular complexity index is 1250. The third kappa shape index (κ3) is 3.96. The van der Waals surface area contributed by atoms with Gasteiger partial charge in [-0.15, -0.1) is 0 Å². The highest BCUT2D eigenvalue weighted by Crippen LogP contribution is 2.35. The molecule has 3 aromatic heterocycles. The Morgan fingerprint density at radius 3 is 2.29 bits per heavy atom. The summed E-state index contributed by atoms with van der Waals surface area (Å²) in [7, 11) is 0. The van der Waals surface area contributed by atoms with Gasteiger partial charge in [0.05, 0.1) is 23.5 Å². The van der Waals surface area contributed by atoms with Gasteiger partial charge in [-0.25, -0.2) is 4.98 Å². The third-order valence-electron chi connectivity index (χ3n) is 4.38. The molecule has 0 aliphatic rings. The van der Waals surface area contributed by atoms with Crippen molar-refractivity contribution in [1.29, 1.82) is 0 Å². The highest BCUT2D eigenvalue weighted by molar-refractivity contribution is 5.67. The molecule has 0 fully saturated rings. The standard InChI is InChI=1S/C19H11F6N5O/c20-18(21,22)12-3-5-13(6-4-12)28-16-10-26-15-8-11(9-27-30(15)16)17-14(19(23,24)25)2-1-7-29(17)31/h1-10,28H. The summed E-state index contributed by atoms with van der Waals surface area (Å²) < 4.78 is 79.3. The molecule has 0 unspecified atom stereocenters. The van der Waals surface area contributed by atoms with Crippen molar-refractivity contribution >= 4 is 17.2 Å². The lowest BCUT2D eigenvalue weighted by Crippen LogP contribution is -2.31. The minimum atomic E-state index is -4.75. The van der Waals surface area contributed by atoms with E-state index >= 15 is 0 Å². The monoisotopic (exact) mass is 439 g/mol. The van der Waals surface area contributed by atoms with E-state index in [2.05, 4.69) is 15.4 Å². The number of anilines is 2. The lowest BCUT2D eigenvalue weighted by atomic mass is 10.1. The first-order valence-electron chi connectivity index (χ1n) is 8.62. The van der Waals surface area contributed by atoms with Crippen LogP contribution < -0.4 is 10.0 Å². The van der Waals surface area contributed by atoms with Crippen LogP contribution in [0, 0.1) is 5.21 Å². The minimum Gasteiger partial charge on any atom is -0.618 e. The van der Waals surface area contributed by atoms with E-state index < -0.39 is 29.2 Å². The van der Waals surface area contributed by atoms with Crippen molar-refractivity contribution in [3.63, 3.8) is 0 Å². The lowest BCUT2D eigenvalue weighted by Gasteiger charge is -2.12. The third-order valence-corrected chi connectivity index (χ3v) is 4.38. The number of hydrogen-bond donors (Lipinski definition) is 1. The lowest BCUT2D eigenvalue weighted by molar-refractivity contribution is -0.594. The number of imidazole rings is 1. The van der Waals surface area contributed by atoms with Gasteiger partial charge in [0.25, 0.3) is 0 Å². The molecule has 160 valence electrons. The van der Waals surface area contributed by atoms with Crippen LogP contribution in [0.25, 0.3) is 16.9 Å². The van der Waals surface area contributed by atoms with Crippen molar-refractivity contribution in [1.82, 2.24) is 14.6 Å². The van der Waals surface area contributed by atoms with Crippen molar-refractivity contribution in [2.24, 2.45) is 0 Å².